The van der Waals surface area contributed by atoms with E-state index in [1.807, 2.05) is 66.9 Å². The molecule has 1 saturated heterocycles. The zero-order chi connectivity index (χ0) is 22.8. The molecule has 0 saturated carbocycles. The minimum absolute atomic E-state index is 0.129. The first kappa shape index (κ1) is 21.5. The predicted octanol–water partition coefficient (Wildman–Crippen LogP) is 5.97. The van der Waals surface area contributed by atoms with E-state index >= 15 is 0 Å². The van der Waals surface area contributed by atoms with Gasteiger partial charge in [0.15, 0.2) is 0 Å². The summed E-state index contributed by atoms with van der Waals surface area (Å²) >= 11 is 0.781. The number of carbonyl (C=O) groups excluding carboxylic acids is 2. The van der Waals surface area contributed by atoms with Crippen LogP contribution in [0, 0.1) is 0 Å². The van der Waals surface area contributed by atoms with Crippen molar-refractivity contribution in [3.05, 3.63) is 108 Å². The summed E-state index contributed by atoms with van der Waals surface area (Å²) in [6.45, 7) is 1.15. The molecule has 0 bridgehead atoms. The molecule has 0 aliphatic carbocycles. The summed E-state index contributed by atoms with van der Waals surface area (Å²) in [6.07, 6.45) is 1.89. The third kappa shape index (κ3) is 4.32. The highest BCUT2D eigenvalue weighted by atomic mass is 32.2. The zero-order valence-corrected chi connectivity index (χ0v) is 19.1. The number of hydrogen-bond acceptors (Lipinski definition) is 4. The Kier molecular flexibility index (Phi) is 6.03. The van der Waals surface area contributed by atoms with Gasteiger partial charge in [-0.25, -0.2) is 0 Å². The average Bonchev–Trinajstić information content (AvgIpc) is 3.37. The van der Waals surface area contributed by atoms with E-state index in [9.17, 15) is 9.59 Å². The molecule has 1 amide bonds. The van der Waals surface area contributed by atoms with Crippen molar-refractivity contribution in [3.8, 4) is 0 Å². The molecule has 1 aromatic heterocycles. The van der Waals surface area contributed by atoms with Crippen molar-refractivity contribution in [3.63, 3.8) is 0 Å². The number of hydrogen-bond donors (Lipinski definition) is 0. The van der Waals surface area contributed by atoms with Crippen LogP contribution in [0.1, 0.15) is 28.8 Å². The van der Waals surface area contributed by atoms with Gasteiger partial charge >= 0.3 is 0 Å². The van der Waals surface area contributed by atoms with Crippen molar-refractivity contribution in [1.29, 1.82) is 0 Å². The highest BCUT2D eigenvalue weighted by Crippen LogP contribution is 2.38. The van der Waals surface area contributed by atoms with Crippen LogP contribution in [0.5, 0.6) is 0 Å². The van der Waals surface area contributed by atoms with Gasteiger partial charge in [0.1, 0.15) is 12.1 Å². The highest BCUT2D eigenvalue weighted by Gasteiger charge is 2.39. The van der Waals surface area contributed by atoms with Crippen molar-refractivity contribution >= 4 is 33.0 Å². The molecular weight excluding hydrogens is 432 g/mol. The number of fused-ring (bicyclic) bond motifs is 1. The first-order valence-electron chi connectivity index (χ1n) is 10.9. The fraction of sp³-hybridized carbons (Fsp3) is 0.185. The Morgan fingerprint density at radius 1 is 0.909 bits per heavy atom. The van der Waals surface area contributed by atoms with Crippen LogP contribution in [-0.2, 0) is 22.7 Å². The van der Waals surface area contributed by atoms with Gasteiger partial charge in [-0.05, 0) is 28.8 Å². The summed E-state index contributed by atoms with van der Waals surface area (Å²) in [5.74, 6) is 0. The topological polar surface area (TPSA) is 51.5 Å². The van der Waals surface area contributed by atoms with E-state index < -0.39 is 6.04 Å². The second-order valence-electron chi connectivity index (χ2n) is 8.14. The van der Waals surface area contributed by atoms with E-state index in [1.165, 1.54) is 4.90 Å². The van der Waals surface area contributed by atoms with Gasteiger partial charge in [0, 0.05) is 35.9 Å². The monoisotopic (exact) mass is 456 g/mol. The zero-order valence-electron chi connectivity index (χ0n) is 18.3. The summed E-state index contributed by atoms with van der Waals surface area (Å²) in [4.78, 5) is 26.1. The van der Waals surface area contributed by atoms with Crippen molar-refractivity contribution in [2.24, 2.45) is 0 Å². The molecule has 2 unspecified atom stereocenters. The fourth-order valence-electron chi connectivity index (χ4n) is 4.33. The van der Waals surface area contributed by atoms with E-state index in [4.69, 9.17) is 4.74 Å². The van der Waals surface area contributed by atoms with E-state index in [-0.39, 0.29) is 16.5 Å². The molecule has 5 nitrogen and oxygen atoms in total. The molecule has 2 heterocycles. The Morgan fingerprint density at radius 3 is 2.33 bits per heavy atom. The minimum Gasteiger partial charge on any atom is -0.367 e. The van der Waals surface area contributed by atoms with Crippen molar-refractivity contribution in [2.45, 2.75) is 25.3 Å². The lowest BCUT2D eigenvalue weighted by molar-refractivity contribution is -0.113. The van der Waals surface area contributed by atoms with Crippen LogP contribution in [0.2, 0.25) is 0 Å². The Bertz CT molecular complexity index is 1290. The molecule has 0 spiro atoms. The third-order valence-electron chi connectivity index (χ3n) is 6.06. The molecule has 0 N–H and O–H groups in total. The maximum atomic E-state index is 12.5. The van der Waals surface area contributed by atoms with Crippen LogP contribution in [-0.4, -0.2) is 26.9 Å². The van der Waals surface area contributed by atoms with Gasteiger partial charge in [-0.1, -0.05) is 72.8 Å². The van der Waals surface area contributed by atoms with E-state index in [0.29, 0.717) is 13.2 Å². The number of ether oxygens (including phenoxy) is 1. The standard InChI is InChI=1S/C27H24N2O3S/c1-28-25(26(30)33-27(28)31)22-13-8-14-23-21(22)15-16-29(23)17-24(20-11-6-3-7-12-20)32-18-19-9-4-2-5-10-19/h2-16,24-25H,17-18H2,1H3. The first-order chi connectivity index (χ1) is 16.1. The van der Waals surface area contributed by atoms with Gasteiger partial charge in [0.25, 0.3) is 5.24 Å². The number of likely N-dealkylation sites (N-methyl/N-ethyl adjacent to an activating group) is 1. The van der Waals surface area contributed by atoms with E-state index in [1.54, 1.807) is 7.05 Å². The second-order valence-corrected chi connectivity index (χ2v) is 9.10. The minimum atomic E-state index is -0.554. The van der Waals surface area contributed by atoms with Crippen molar-refractivity contribution in [1.82, 2.24) is 9.47 Å². The second kappa shape index (κ2) is 9.25. The fourth-order valence-corrected chi connectivity index (χ4v) is 5.15. The van der Waals surface area contributed by atoms with E-state index in [2.05, 4.69) is 28.8 Å². The normalized spacial score (nSPS) is 17.1. The van der Waals surface area contributed by atoms with Crippen LogP contribution in [0.4, 0.5) is 4.79 Å². The Hall–Kier alpha value is -3.35. The SMILES string of the molecule is CN1C(=O)SC(=O)C1c1cccc2c1ccn2CC(OCc1ccccc1)c1ccccc1. The van der Waals surface area contributed by atoms with Crippen molar-refractivity contribution in [2.75, 3.05) is 7.05 Å². The van der Waals surface area contributed by atoms with Gasteiger partial charge in [0.05, 0.1) is 13.2 Å². The summed E-state index contributed by atoms with van der Waals surface area (Å²) in [7, 11) is 1.68. The summed E-state index contributed by atoms with van der Waals surface area (Å²) < 4.78 is 8.55. The number of rotatable bonds is 7. The van der Waals surface area contributed by atoms with Gasteiger partial charge < -0.3 is 14.2 Å². The summed E-state index contributed by atoms with van der Waals surface area (Å²) in [5, 5.41) is 0.642. The number of benzene rings is 3. The maximum Gasteiger partial charge on any atom is 0.289 e. The van der Waals surface area contributed by atoms with Crippen LogP contribution in [0.25, 0.3) is 10.9 Å². The maximum absolute atomic E-state index is 12.5. The molecule has 4 aromatic rings. The lowest BCUT2D eigenvalue weighted by Gasteiger charge is -2.21. The molecule has 1 aliphatic heterocycles. The van der Waals surface area contributed by atoms with Gasteiger partial charge in [-0.3, -0.25) is 9.59 Å². The molecule has 1 aliphatic rings. The Morgan fingerprint density at radius 2 is 1.64 bits per heavy atom. The molecule has 33 heavy (non-hydrogen) atoms. The third-order valence-corrected chi connectivity index (χ3v) is 6.94. The van der Waals surface area contributed by atoms with Gasteiger partial charge in [-0.15, -0.1) is 0 Å². The Labute approximate surface area is 197 Å². The number of aromatic nitrogens is 1. The van der Waals surface area contributed by atoms with Crippen LogP contribution < -0.4 is 0 Å². The first-order valence-corrected chi connectivity index (χ1v) is 11.7. The smallest absolute Gasteiger partial charge is 0.289 e. The van der Waals surface area contributed by atoms with E-state index in [0.717, 1.165) is 39.4 Å². The number of nitrogens with zero attached hydrogens (tertiary/aromatic N) is 2. The number of amides is 1. The molecular formula is C27H24N2O3S. The number of carbonyl (C=O) groups is 2. The van der Waals surface area contributed by atoms with Crippen molar-refractivity contribution < 1.29 is 14.3 Å². The summed E-state index contributed by atoms with van der Waals surface area (Å²) in [6, 6.07) is 27.8. The quantitative estimate of drug-likeness (QED) is 0.344. The van der Waals surface area contributed by atoms with Gasteiger partial charge in [0.2, 0.25) is 5.12 Å². The molecule has 3 aromatic carbocycles. The molecule has 166 valence electrons. The average molecular weight is 457 g/mol. The predicted molar refractivity (Wildman–Crippen MR) is 131 cm³/mol. The highest BCUT2D eigenvalue weighted by molar-refractivity contribution is 8.26. The Balaban J connectivity index is 1.46. The largest absolute Gasteiger partial charge is 0.367 e. The lowest BCUT2D eigenvalue weighted by Crippen LogP contribution is -2.23. The summed E-state index contributed by atoms with van der Waals surface area (Å²) in [5.41, 5.74) is 4.11. The van der Waals surface area contributed by atoms with Crippen LogP contribution in [0.15, 0.2) is 91.1 Å². The molecule has 0 radical (unpaired) electrons. The molecule has 2 atom stereocenters. The van der Waals surface area contributed by atoms with Crippen LogP contribution in [0.3, 0.4) is 0 Å². The van der Waals surface area contributed by atoms with Gasteiger partial charge in [-0.2, -0.15) is 0 Å². The molecule has 6 heteroatoms. The molecule has 5 rings (SSSR count). The number of thioether (sulfide) groups is 1. The van der Waals surface area contributed by atoms with Crippen LogP contribution >= 0.6 is 11.8 Å². The molecule has 1 fully saturated rings. The lowest BCUT2D eigenvalue weighted by atomic mass is 10.0.